The van der Waals surface area contributed by atoms with Crippen molar-refractivity contribution in [3.63, 3.8) is 0 Å². The van der Waals surface area contributed by atoms with Crippen molar-refractivity contribution in [2.24, 2.45) is 16.6 Å². The molecule has 0 saturated carbocycles. The van der Waals surface area contributed by atoms with E-state index in [1.54, 1.807) is 27.8 Å². The fourth-order valence-electron chi connectivity index (χ4n) is 2.15. The molecule has 1 amide bonds. The second kappa shape index (κ2) is 11.3. The Bertz CT molecular complexity index is 694. The molecule has 1 aromatic carbocycles. The molecular formula is C18H28F3IN4O3. The first kappa shape index (κ1) is 27.1. The van der Waals surface area contributed by atoms with E-state index in [4.69, 9.17) is 10.5 Å². The Labute approximate surface area is 185 Å². The molecule has 0 aliphatic carbocycles. The fourth-order valence-corrected chi connectivity index (χ4v) is 2.15. The van der Waals surface area contributed by atoms with Gasteiger partial charge in [0, 0.05) is 20.1 Å². The number of carbonyl (C=O) groups excluding carboxylic acids is 1. The molecule has 0 saturated heterocycles. The number of hydrogen-bond acceptors (Lipinski definition) is 4. The molecule has 1 atom stereocenters. The SMILES string of the molecule is CC(CN=C(N)Nc1ccccc1OC(F)(F)F)CN(C)C(=O)OC(C)(C)C.I. The number of benzene rings is 1. The summed E-state index contributed by atoms with van der Waals surface area (Å²) < 4.78 is 46.6. The van der Waals surface area contributed by atoms with Crippen LogP contribution in [0.15, 0.2) is 29.3 Å². The second-order valence-corrected chi connectivity index (χ2v) is 7.36. The molecule has 0 aliphatic heterocycles. The normalized spacial score (nSPS) is 13.2. The van der Waals surface area contributed by atoms with Crippen LogP contribution >= 0.6 is 24.0 Å². The predicted molar refractivity (Wildman–Crippen MR) is 117 cm³/mol. The molecule has 11 heteroatoms. The number of hydrogen-bond donors (Lipinski definition) is 2. The van der Waals surface area contributed by atoms with Gasteiger partial charge in [0.25, 0.3) is 0 Å². The number of ether oxygens (including phenoxy) is 2. The summed E-state index contributed by atoms with van der Waals surface area (Å²) in [5.41, 5.74) is 5.21. The summed E-state index contributed by atoms with van der Waals surface area (Å²) in [5, 5.41) is 2.59. The third kappa shape index (κ3) is 11.6. The maximum atomic E-state index is 12.4. The summed E-state index contributed by atoms with van der Waals surface area (Å²) in [6.45, 7) is 7.82. The molecule has 7 nitrogen and oxygen atoms in total. The van der Waals surface area contributed by atoms with E-state index in [2.05, 4.69) is 15.0 Å². The van der Waals surface area contributed by atoms with E-state index in [-0.39, 0.29) is 48.1 Å². The highest BCUT2D eigenvalue weighted by Crippen LogP contribution is 2.29. The van der Waals surface area contributed by atoms with E-state index in [0.717, 1.165) is 0 Å². The summed E-state index contributed by atoms with van der Waals surface area (Å²) in [5.74, 6) is -0.532. The Morgan fingerprint density at radius 1 is 1.28 bits per heavy atom. The average molecular weight is 532 g/mol. The number of carbonyl (C=O) groups is 1. The van der Waals surface area contributed by atoms with Gasteiger partial charge in [-0.25, -0.2) is 4.79 Å². The minimum Gasteiger partial charge on any atom is -0.444 e. The van der Waals surface area contributed by atoms with Crippen molar-refractivity contribution in [2.75, 3.05) is 25.5 Å². The standard InChI is InChI=1S/C18H27F3N4O3.HI/c1-12(11-25(5)16(26)28-17(2,3)4)10-23-15(22)24-13-8-6-7-9-14(13)27-18(19,20)21;/h6-9,12H,10-11H2,1-5H3,(H3,22,23,24);1H. The number of halogens is 4. The molecule has 0 aliphatic rings. The van der Waals surface area contributed by atoms with Gasteiger partial charge in [0.1, 0.15) is 5.60 Å². The van der Waals surface area contributed by atoms with Crippen molar-refractivity contribution in [1.29, 1.82) is 0 Å². The van der Waals surface area contributed by atoms with E-state index in [1.807, 2.05) is 6.92 Å². The third-order valence-electron chi connectivity index (χ3n) is 3.24. The summed E-state index contributed by atoms with van der Waals surface area (Å²) >= 11 is 0. The van der Waals surface area contributed by atoms with Gasteiger partial charge in [-0.05, 0) is 38.8 Å². The Morgan fingerprint density at radius 3 is 2.41 bits per heavy atom. The minimum atomic E-state index is -4.82. The van der Waals surface area contributed by atoms with Crippen molar-refractivity contribution in [1.82, 2.24) is 4.90 Å². The Morgan fingerprint density at radius 2 is 1.86 bits per heavy atom. The van der Waals surface area contributed by atoms with Crippen molar-refractivity contribution in [2.45, 2.75) is 39.7 Å². The maximum Gasteiger partial charge on any atom is 0.573 e. The van der Waals surface area contributed by atoms with E-state index in [0.29, 0.717) is 6.54 Å². The summed E-state index contributed by atoms with van der Waals surface area (Å²) in [6, 6.07) is 5.51. The van der Waals surface area contributed by atoms with Crippen LogP contribution in [0.1, 0.15) is 27.7 Å². The highest BCUT2D eigenvalue weighted by molar-refractivity contribution is 14.0. The minimum absolute atomic E-state index is 0. The number of para-hydroxylation sites is 2. The van der Waals surface area contributed by atoms with Gasteiger partial charge >= 0.3 is 12.5 Å². The van der Waals surface area contributed by atoms with Gasteiger partial charge < -0.3 is 25.4 Å². The van der Waals surface area contributed by atoms with Crippen molar-refractivity contribution < 1.29 is 27.4 Å². The van der Waals surface area contributed by atoms with Crippen molar-refractivity contribution in [3.05, 3.63) is 24.3 Å². The van der Waals surface area contributed by atoms with Gasteiger partial charge in [0.05, 0.1) is 5.69 Å². The topological polar surface area (TPSA) is 89.2 Å². The number of anilines is 1. The molecule has 29 heavy (non-hydrogen) atoms. The molecule has 0 fully saturated rings. The van der Waals surface area contributed by atoms with Crippen LogP contribution in [0.2, 0.25) is 0 Å². The lowest BCUT2D eigenvalue weighted by Gasteiger charge is -2.26. The van der Waals surface area contributed by atoms with Gasteiger partial charge in [-0.3, -0.25) is 4.99 Å². The smallest absolute Gasteiger partial charge is 0.444 e. The van der Waals surface area contributed by atoms with Gasteiger partial charge in [0.2, 0.25) is 0 Å². The predicted octanol–water partition coefficient (Wildman–Crippen LogP) is 4.43. The van der Waals surface area contributed by atoms with E-state index >= 15 is 0 Å². The molecule has 166 valence electrons. The fraction of sp³-hybridized carbons (Fsp3) is 0.556. The third-order valence-corrected chi connectivity index (χ3v) is 3.24. The van der Waals surface area contributed by atoms with Crippen LogP contribution in [0, 0.1) is 5.92 Å². The number of guanidine groups is 1. The molecule has 1 rings (SSSR count). The number of alkyl halides is 3. The number of aliphatic imine (C=N–C) groups is 1. The Kier molecular flexibility index (Phi) is 10.6. The zero-order valence-electron chi connectivity index (χ0n) is 17.0. The van der Waals surface area contributed by atoms with Crippen LogP contribution in [0.25, 0.3) is 0 Å². The molecule has 3 N–H and O–H groups in total. The second-order valence-electron chi connectivity index (χ2n) is 7.36. The van der Waals surface area contributed by atoms with Crippen LogP contribution in [0.4, 0.5) is 23.7 Å². The van der Waals surface area contributed by atoms with Gasteiger partial charge in [0.15, 0.2) is 11.7 Å². The van der Waals surface area contributed by atoms with Crippen molar-refractivity contribution in [3.8, 4) is 5.75 Å². The molecule has 0 heterocycles. The molecule has 0 radical (unpaired) electrons. The largest absolute Gasteiger partial charge is 0.573 e. The first-order valence-corrected chi connectivity index (χ1v) is 8.62. The zero-order valence-corrected chi connectivity index (χ0v) is 19.4. The lowest BCUT2D eigenvalue weighted by molar-refractivity contribution is -0.274. The van der Waals surface area contributed by atoms with Crippen LogP contribution in [-0.2, 0) is 4.74 Å². The molecule has 0 aromatic heterocycles. The highest BCUT2D eigenvalue weighted by Gasteiger charge is 2.32. The molecule has 1 unspecified atom stereocenters. The number of nitrogens with one attached hydrogen (secondary N) is 1. The van der Waals surface area contributed by atoms with Crippen molar-refractivity contribution >= 4 is 41.7 Å². The van der Waals surface area contributed by atoms with Crippen LogP contribution < -0.4 is 15.8 Å². The lowest BCUT2D eigenvalue weighted by Crippen LogP contribution is -2.37. The Hall–Kier alpha value is -1.92. The van der Waals surface area contributed by atoms with Crippen LogP contribution in [-0.4, -0.2) is 49.1 Å². The number of amides is 1. The van der Waals surface area contributed by atoms with E-state index in [1.165, 1.54) is 29.2 Å². The van der Waals surface area contributed by atoms with Gasteiger partial charge in [-0.1, -0.05) is 19.1 Å². The van der Waals surface area contributed by atoms with Gasteiger partial charge in [-0.2, -0.15) is 0 Å². The van der Waals surface area contributed by atoms with Crippen LogP contribution in [0.3, 0.4) is 0 Å². The first-order valence-electron chi connectivity index (χ1n) is 8.62. The van der Waals surface area contributed by atoms with E-state index < -0.39 is 23.8 Å². The monoisotopic (exact) mass is 532 g/mol. The highest BCUT2D eigenvalue weighted by atomic mass is 127. The molecular weight excluding hydrogens is 504 g/mol. The zero-order chi connectivity index (χ0) is 21.5. The van der Waals surface area contributed by atoms with Gasteiger partial charge in [-0.15, -0.1) is 37.1 Å². The quantitative estimate of drug-likeness (QED) is 0.322. The number of nitrogens with zero attached hydrogens (tertiary/aromatic N) is 2. The summed E-state index contributed by atoms with van der Waals surface area (Å²) in [6.07, 6.45) is -5.27. The summed E-state index contributed by atoms with van der Waals surface area (Å²) in [7, 11) is 1.61. The van der Waals surface area contributed by atoms with Crippen LogP contribution in [0.5, 0.6) is 5.75 Å². The number of rotatable bonds is 6. The first-order chi connectivity index (χ1) is 12.8. The lowest BCUT2D eigenvalue weighted by atomic mass is 10.2. The maximum absolute atomic E-state index is 12.4. The average Bonchev–Trinajstić information content (AvgIpc) is 2.52. The molecule has 0 spiro atoms. The molecule has 0 bridgehead atoms. The van der Waals surface area contributed by atoms with E-state index in [9.17, 15) is 18.0 Å². The molecule has 1 aromatic rings. The summed E-state index contributed by atoms with van der Waals surface area (Å²) in [4.78, 5) is 17.5. The Balaban J connectivity index is 0.00000784. The number of nitrogens with two attached hydrogens (primary N) is 1.